The van der Waals surface area contributed by atoms with E-state index in [0.717, 1.165) is 19.4 Å². The predicted molar refractivity (Wildman–Crippen MR) is 76.2 cm³/mol. The maximum Gasteiger partial charge on any atom is 0.179 e. The molecule has 0 aromatic heterocycles. The predicted octanol–water partition coefficient (Wildman–Crippen LogP) is 2.63. The molecule has 0 spiro atoms. The largest absolute Gasteiger partial charge is 0.390 e. The molecule has 1 saturated heterocycles. The second-order valence-corrected chi connectivity index (χ2v) is 5.93. The van der Waals surface area contributed by atoms with E-state index in [-0.39, 0.29) is 17.6 Å². The summed E-state index contributed by atoms with van der Waals surface area (Å²) < 4.78 is 12.9. The Balaban J connectivity index is 2.05. The lowest BCUT2D eigenvalue weighted by molar-refractivity contribution is 0.0427. The molecule has 3 nitrogen and oxygen atoms in total. The summed E-state index contributed by atoms with van der Waals surface area (Å²) in [5.41, 5.74) is -0.0946. The van der Waals surface area contributed by atoms with Crippen LogP contribution in [0.4, 0.5) is 4.39 Å². The minimum Gasteiger partial charge on any atom is -0.390 e. The van der Waals surface area contributed by atoms with E-state index in [1.54, 1.807) is 0 Å². The first kappa shape index (κ1) is 15.1. The van der Waals surface area contributed by atoms with Gasteiger partial charge in [-0.25, -0.2) is 4.39 Å². The van der Waals surface area contributed by atoms with E-state index in [1.807, 2.05) is 13.8 Å². The maximum atomic E-state index is 12.9. The summed E-state index contributed by atoms with van der Waals surface area (Å²) in [6, 6.07) is 5.44. The average molecular weight is 279 g/mol. The van der Waals surface area contributed by atoms with Gasteiger partial charge in [0.05, 0.1) is 11.6 Å². The van der Waals surface area contributed by atoms with E-state index in [4.69, 9.17) is 0 Å². The van der Waals surface area contributed by atoms with Crippen molar-refractivity contribution in [1.29, 1.82) is 0 Å². The number of benzene rings is 1. The second-order valence-electron chi connectivity index (χ2n) is 5.93. The van der Waals surface area contributed by atoms with Crippen LogP contribution < -0.4 is 0 Å². The van der Waals surface area contributed by atoms with E-state index in [1.165, 1.54) is 24.3 Å². The summed E-state index contributed by atoms with van der Waals surface area (Å²) in [6.07, 6.45) is 2.32. The summed E-state index contributed by atoms with van der Waals surface area (Å²) in [4.78, 5) is 14.5. The zero-order chi connectivity index (χ0) is 14.8. The zero-order valence-electron chi connectivity index (χ0n) is 12.1. The summed E-state index contributed by atoms with van der Waals surface area (Å²) in [5, 5.41) is 10.1. The number of nitrogens with zero attached hydrogens (tertiary/aromatic N) is 1. The third-order valence-corrected chi connectivity index (χ3v) is 4.15. The van der Waals surface area contributed by atoms with Crippen molar-refractivity contribution < 1.29 is 14.3 Å². The molecule has 0 bridgehead atoms. The van der Waals surface area contributed by atoms with Crippen molar-refractivity contribution in [3.63, 3.8) is 0 Å². The highest BCUT2D eigenvalue weighted by molar-refractivity contribution is 5.99. The first-order valence-electron chi connectivity index (χ1n) is 7.15. The van der Waals surface area contributed by atoms with Crippen LogP contribution in [0.2, 0.25) is 0 Å². The summed E-state index contributed by atoms with van der Waals surface area (Å²) in [6.45, 7) is 5.25. The number of rotatable bonds is 3. The van der Waals surface area contributed by atoms with Gasteiger partial charge < -0.3 is 5.11 Å². The molecule has 0 aliphatic carbocycles. The van der Waals surface area contributed by atoms with Crippen LogP contribution in [0.15, 0.2) is 24.3 Å². The highest BCUT2D eigenvalue weighted by atomic mass is 19.1. The molecular weight excluding hydrogens is 257 g/mol. The molecular formula is C16H22FNO2. The lowest BCUT2D eigenvalue weighted by Gasteiger charge is -2.27. The molecule has 1 N–H and O–H groups in total. The van der Waals surface area contributed by atoms with Crippen LogP contribution in [0.25, 0.3) is 0 Å². The molecule has 1 aliphatic heterocycles. The fourth-order valence-corrected chi connectivity index (χ4v) is 2.69. The molecule has 1 aliphatic rings. The molecule has 2 rings (SSSR count). The van der Waals surface area contributed by atoms with Gasteiger partial charge in [-0.15, -0.1) is 0 Å². The van der Waals surface area contributed by atoms with Gasteiger partial charge in [0.2, 0.25) is 0 Å². The van der Waals surface area contributed by atoms with Gasteiger partial charge in [0, 0.05) is 12.1 Å². The smallest absolute Gasteiger partial charge is 0.179 e. The third-order valence-electron chi connectivity index (χ3n) is 4.15. The second kappa shape index (κ2) is 6.02. The molecule has 1 heterocycles. The quantitative estimate of drug-likeness (QED) is 0.865. The molecule has 1 fully saturated rings. The van der Waals surface area contributed by atoms with Crippen molar-refractivity contribution in [3.8, 4) is 0 Å². The Morgan fingerprint density at radius 2 is 1.95 bits per heavy atom. The van der Waals surface area contributed by atoms with Crippen LogP contribution in [-0.4, -0.2) is 40.5 Å². The van der Waals surface area contributed by atoms with Crippen LogP contribution >= 0.6 is 0 Å². The van der Waals surface area contributed by atoms with E-state index in [2.05, 4.69) is 4.90 Å². The molecule has 1 aromatic rings. The fraction of sp³-hybridized carbons (Fsp3) is 0.562. The molecule has 1 aromatic carbocycles. The number of aliphatic hydroxyl groups is 1. The Labute approximate surface area is 119 Å². The SMILES string of the molecule is CC(C(=O)c1ccc(F)cc1)N1CCCC(C)(O)CC1. The van der Waals surface area contributed by atoms with Crippen molar-refractivity contribution in [1.82, 2.24) is 4.90 Å². The Kier molecular flexibility index (Phi) is 4.55. The minimum atomic E-state index is -0.632. The Bertz CT molecular complexity index is 470. The van der Waals surface area contributed by atoms with Crippen molar-refractivity contribution in [3.05, 3.63) is 35.6 Å². The normalized spacial score (nSPS) is 26.0. The van der Waals surface area contributed by atoms with Crippen LogP contribution in [0.3, 0.4) is 0 Å². The number of carbonyl (C=O) groups is 1. The van der Waals surface area contributed by atoms with Gasteiger partial charge in [0.15, 0.2) is 5.78 Å². The van der Waals surface area contributed by atoms with E-state index < -0.39 is 5.60 Å². The fourth-order valence-electron chi connectivity index (χ4n) is 2.69. The maximum absolute atomic E-state index is 12.9. The Hall–Kier alpha value is -1.26. The van der Waals surface area contributed by atoms with Gasteiger partial charge in [-0.2, -0.15) is 0 Å². The molecule has 2 atom stereocenters. The van der Waals surface area contributed by atoms with Crippen LogP contribution in [0.5, 0.6) is 0 Å². The number of carbonyl (C=O) groups excluding carboxylic acids is 1. The lowest BCUT2D eigenvalue weighted by atomic mass is 9.98. The van der Waals surface area contributed by atoms with Crippen LogP contribution in [-0.2, 0) is 0 Å². The average Bonchev–Trinajstić information content (AvgIpc) is 2.59. The van der Waals surface area contributed by atoms with Crippen LogP contribution in [0, 0.1) is 5.82 Å². The molecule has 0 radical (unpaired) electrons. The highest BCUT2D eigenvalue weighted by Crippen LogP contribution is 2.23. The lowest BCUT2D eigenvalue weighted by Crippen LogP contribution is -2.40. The minimum absolute atomic E-state index is 0.00606. The van der Waals surface area contributed by atoms with Crippen molar-refractivity contribution in [2.24, 2.45) is 0 Å². The van der Waals surface area contributed by atoms with E-state index in [9.17, 15) is 14.3 Å². The summed E-state index contributed by atoms with van der Waals surface area (Å²) >= 11 is 0. The van der Waals surface area contributed by atoms with Crippen molar-refractivity contribution >= 4 is 5.78 Å². The highest BCUT2D eigenvalue weighted by Gasteiger charge is 2.29. The van der Waals surface area contributed by atoms with Crippen LogP contribution in [0.1, 0.15) is 43.5 Å². The van der Waals surface area contributed by atoms with Gasteiger partial charge in [0.1, 0.15) is 5.82 Å². The number of halogens is 1. The van der Waals surface area contributed by atoms with Crippen molar-refractivity contribution in [2.75, 3.05) is 13.1 Å². The van der Waals surface area contributed by atoms with E-state index in [0.29, 0.717) is 18.5 Å². The summed E-state index contributed by atoms with van der Waals surface area (Å²) in [7, 11) is 0. The van der Waals surface area contributed by atoms with Gasteiger partial charge >= 0.3 is 0 Å². The number of hydrogen-bond acceptors (Lipinski definition) is 3. The van der Waals surface area contributed by atoms with Gasteiger partial charge in [0.25, 0.3) is 0 Å². The van der Waals surface area contributed by atoms with E-state index >= 15 is 0 Å². The summed E-state index contributed by atoms with van der Waals surface area (Å²) in [5.74, 6) is -0.327. The Morgan fingerprint density at radius 3 is 2.60 bits per heavy atom. The monoisotopic (exact) mass is 279 g/mol. The standard InChI is InChI=1S/C16H22FNO2/c1-12(15(19)13-4-6-14(17)7-5-13)18-10-3-8-16(2,20)9-11-18/h4-7,12,20H,3,8-11H2,1-2H3. The third kappa shape index (κ3) is 3.64. The molecule has 110 valence electrons. The Morgan fingerprint density at radius 1 is 1.30 bits per heavy atom. The molecule has 4 heteroatoms. The molecule has 2 unspecified atom stereocenters. The first-order chi connectivity index (χ1) is 9.39. The molecule has 0 amide bonds. The molecule has 20 heavy (non-hydrogen) atoms. The van der Waals surface area contributed by atoms with Gasteiger partial charge in [-0.3, -0.25) is 9.69 Å². The number of hydrogen-bond donors (Lipinski definition) is 1. The first-order valence-corrected chi connectivity index (χ1v) is 7.15. The van der Waals surface area contributed by atoms with Crippen molar-refractivity contribution in [2.45, 2.75) is 44.8 Å². The molecule has 0 saturated carbocycles. The number of Topliss-reactive ketones (excluding diaryl/α,β-unsaturated/α-hetero) is 1. The van der Waals surface area contributed by atoms with Gasteiger partial charge in [-0.1, -0.05) is 0 Å². The topological polar surface area (TPSA) is 40.5 Å². The number of likely N-dealkylation sites (tertiary alicyclic amines) is 1. The van der Waals surface area contributed by atoms with Gasteiger partial charge in [-0.05, 0) is 63.9 Å². The number of ketones is 1. The zero-order valence-corrected chi connectivity index (χ0v) is 12.1.